The van der Waals surface area contributed by atoms with E-state index < -0.39 is 11.7 Å². The monoisotopic (exact) mass is 347 g/mol. The van der Waals surface area contributed by atoms with Crippen molar-refractivity contribution < 1.29 is 14.0 Å². The Morgan fingerprint density at radius 1 is 1.33 bits per heavy atom. The summed E-state index contributed by atoms with van der Waals surface area (Å²) in [5, 5.41) is 0.239. The van der Waals surface area contributed by atoms with Gasteiger partial charge < -0.3 is 10.6 Å². The van der Waals surface area contributed by atoms with Crippen LogP contribution in [0.1, 0.15) is 21.5 Å². The molecule has 3 amide bonds. The molecule has 2 N–H and O–H groups in total. The van der Waals surface area contributed by atoms with E-state index in [-0.39, 0.29) is 28.7 Å². The lowest BCUT2D eigenvalue weighted by molar-refractivity contribution is 0.1000. The number of primary amides is 1. The number of carbonyl (C=O) groups excluding carboxylic acids is 2. The van der Waals surface area contributed by atoms with Gasteiger partial charge in [0.05, 0.1) is 12.2 Å². The van der Waals surface area contributed by atoms with Gasteiger partial charge in [0.2, 0.25) is 5.91 Å². The van der Waals surface area contributed by atoms with Crippen molar-refractivity contribution in [2.75, 3.05) is 11.9 Å². The number of anilines is 1. The van der Waals surface area contributed by atoms with Crippen molar-refractivity contribution in [2.24, 2.45) is 5.73 Å². The summed E-state index contributed by atoms with van der Waals surface area (Å²) in [6, 6.07) is 8.97. The molecule has 124 valence electrons. The first-order valence-corrected chi connectivity index (χ1v) is 7.64. The van der Waals surface area contributed by atoms with E-state index in [0.29, 0.717) is 12.2 Å². The van der Waals surface area contributed by atoms with E-state index in [2.05, 4.69) is 0 Å². The van der Waals surface area contributed by atoms with Gasteiger partial charge in [-0.25, -0.2) is 9.18 Å². The topological polar surface area (TPSA) is 66.6 Å². The third-order valence-electron chi connectivity index (χ3n) is 4.00. The Morgan fingerprint density at radius 2 is 2.08 bits per heavy atom. The minimum atomic E-state index is -0.590. The molecule has 1 aliphatic heterocycles. The minimum Gasteiger partial charge on any atom is -0.366 e. The van der Waals surface area contributed by atoms with Gasteiger partial charge in [0.25, 0.3) is 0 Å². The zero-order valence-electron chi connectivity index (χ0n) is 12.9. The maximum atomic E-state index is 14.1. The van der Waals surface area contributed by atoms with Crippen molar-refractivity contribution >= 4 is 29.2 Å². The highest BCUT2D eigenvalue weighted by Crippen LogP contribution is 2.32. The lowest BCUT2D eigenvalue weighted by Gasteiger charge is -2.35. The van der Waals surface area contributed by atoms with E-state index in [1.165, 1.54) is 21.9 Å². The van der Waals surface area contributed by atoms with Crippen molar-refractivity contribution in [3.8, 4) is 0 Å². The molecule has 2 aromatic rings. The second-order valence-corrected chi connectivity index (χ2v) is 6.04. The van der Waals surface area contributed by atoms with E-state index in [4.69, 9.17) is 17.3 Å². The van der Waals surface area contributed by atoms with Crippen LogP contribution in [0.15, 0.2) is 36.4 Å². The van der Waals surface area contributed by atoms with Crippen molar-refractivity contribution in [1.82, 2.24) is 4.90 Å². The van der Waals surface area contributed by atoms with Crippen LogP contribution in [0, 0.1) is 5.82 Å². The largest absolute Gasteiger partial charge is 0.366 e. The minimum absolute atomic E-state index is 0.0378. The zero-order valence-corrected chi connectivity index (χ0v) is 13.7. The number of hydrogen-bond acceptors (Lipinski definition) is 2. The fraction of sp³-hybridized carbons (Fsp3) is 0.176. The Hall–Kier alpha value is -2.60. The van der Waals surface area contributed by atoms with Gasteiger partial charge in [-0.2, -0.15) is 0 Å². The smallest absolute Gasteiger partial charge is 0.324 e. The molecule has 5 nitrogen and oxygen atoms in total. The Bertz CT molecular complexity index is 820. The zero-order chi connectivity index (χ0) is 17.4. The first kappa shape index (κ1) is 16.3. The predicted octanol–water partition coefficient (Wildman–Crippen LogP) is 3.15. The highest BCUT2D eigenvalue weighted by molar-refractivity contribution is 6.31. The Morgan fingerprint density at radius 3 is 2.75 bits per heavy atom. The van der Waals surface area contributed by atoms with Crippen molar-refractivity contribution in [3.63, 3.8) is 0 Å². The average molecular weight is 348 g/mol. The van der Waals surface area contributed by atoms with Crippen LogP contribution < -0.4 is 10.6 Å². The molecule has 24 heavy (non-hydrogen) atoms. The number of amides is 3. The molecule has 0 aromatic heterocycles. The molecule has 7 heteroatoms. The van der Waals surface area contributed by atoms with Gasteiger partial charge in [-0.1, -0.05) is 23.7 Å². The van der Waals surface area contributed by atoms with Crippen molar-refractivity contribution in [2.45, 2.75) is 13.1 Å². The molecule has 1 aliphatic rings. The first-order chi connectivity index (χ1) is 11.4. The van der Waals surface area contributed by atoms with E-state index in [1.807, 2.05) is 0 Å². The molecule has 0 unspecified atom stereocenters. The Kier molecular flexibility index (Phi) is 4.15. The molecule has 0 saturated carbocycles. The summed E-state index contributed by atoms with van der Waals surface area (Å²) in [5.74, 6) is -1.08. The summed E-state index contributed by atoms with van der Waals surface area (Å²) in [7, 11) is 1.66. The van der Waals surface area contributed by atoms with Crippen LogP contribution in [0.2, 0.25) is 5.02 Å². The number of rotatable bonds is 3. The van der Waals surface area contributed by atoms with Gasteiger partial charge in [0.15, 0.2) is 0 Å². The maximum Gasteiger partial charge on any atom is 0.324 e. The maximum absolute atomic E-state index is 14.1. The van der Waals surface area contributed by atoms with E-state index >= 15 is 0 Å². The molecule has 0 fully saturated rings. The van der Waals surface area contributed by atoms with Gasteiger partial charge in [-0.05, 0) is 29.8 Å². The van der Waals surface area contributed by atoms with Crippen LogP contribution in [0.3, 0.4) is 0 Å². The van der Waals surface area contributed by atoms with Crippen LogP contribution in [-0.4, -0.2) is 23.9 Å². The predicted molar refractivity (Wildman–Crippen MR) is 89.4 cm³/mol. The van der Waals surface area contributed by atoms with Crippen molar-refractivity contribution in [3.05, 3.63) is 63.9 Å². The molecule has 3 rings (SSSR count). The van der Waals surface area contributed by atoms with Gasteiger partial charge in [-0.15, -0.1) is 0 Å². The van der Waals surface area contributed by atoms with E-state index in [0.717, 1.165) is 5.56 Å². The standard InChI is InChI=1S/C17H15ClFN3O2/c1-21-8-11-6-5-10(16(20)23)7-15(11)22(17(21)24)9-12-13(18)3-2-4-14(12)19/h2-7H,8-9H2,1H3,(H2,20,23). The SMILES string of the molecule is CN1Cc2ccc(C(N)=O)cc2N(Cc2c(F)cccc2Cl)C1=O. The van der Waals surface area contributed by atoms with Crippen LogP contribution in [-0.2, 0) is 13.1 Å². The van der Waals surface area contributed by atoms with Crippen molar-refractivity contribution in [1.29, 1.82) is 0 Å². The third-order valence-corrected chi connectivity index (χ3v) is 4.36. The first-order valence-electron chi connectivity index (χ1n) is 7.26. The molecule has 0 atom stereocenters. The number of nitrogens with zero attached hydrogens (tertiary/aromatic N) is 2. The molecule has 1 heterocycles. The van der Waals surface area contributed by atoms with Gasteiger partial charge in [0.1, 0.15) is 5.82 Å². The molecular formula is C17H15ClFN3O2. The molecule has 0 saturated heterocycles. The lowest BCUT2D eigenvalue weighted by Crippen LogP contribution is -2.45. The van der Waals surface area contributed by atoms with Crippen LogP contribution in [0.4, 0.5) is 14.9 Å². The molecule has 2 aromatic carbocycles. The Balaban J connectivity index is 2.08. The van der Waals surface area contributed by atoms with E-state index in [1.54, 1.807) is 31.3 Å². The normalized spacial score (nSPS) is 13.9. The summed E-state index contributed by atoms with van der Waals surface area (Å²) in [4.78, 5) is 26.9. The summed E-state index contributed by atoms with van der Waals surface area (Å²) in [5.41, 5.74) is 7.21. The van der Waals surface area contributed by atoms with Crippen LogP contribution >= 0.6 is 11.6 Å². The fourth-order valence-electron chi connectivity index (χ4n) is 2.73. The number of carbonyl (C=O) groups is 2. The number of benzene rings is 2. The quantitative estimate of drug-likeness (QED) is 0.926. The van der Waals surface area contributed by atoms with Gasteiger partial charge >= 0.3 is 6.03 Å². The highest BCUT2D eigenvalue weighted by atomic mass is 35.5. The third kappa shape index (κ3) is 2.80. The molecule has 0 bridgehead atoms. The highest BCUT2D eigenvalue weighted by Gasteiger charge is 2.29. The molecule has 0 spiro atoms. The number of nitrogens with two attached hydrogens (primary N) is 1. The lowest BCUT2D eigenvalue weighted by atomic mass is 10.0. The second-order valence-electron chi connectivity index (χ2n) is 5.63. The fourth-order valence-corrected chi connectivity index (χ4v) is 2.95. The van der Waals surface area contributed by atoms with Crippen LogP contribution in [0.25, 0.3) is 0 Å². The molecule has 0 radical (unpaired) electrons. The number of fused-ring (bicyclic) bond motifs is 1. The molecular weight excluding hydrogens is 333 g/mol. The van der Waals surface area contributed by atoms with Gasteiger partial charge in [-0.3, -0.25) is 9.69 Å². The average Bonchev–Trinajstić information content (AvgIpc) is 2.54. The summed E-state index contributed by atoms with van der Waals surface area (Å²) in [6.45, 7) is 0.360. The summed E-state index contributed by atoms with van der Waals surface area (Å²) in [6.07, 6.45) is 0. The summed E-state index contributed by atoms with van der Waals surface area (Å²) < 4.78 is 14.1. The van der Waals surface area contributed by atoms with E-state index in [9.17, 15) is 14.0 Å². The Labute approximate surface area is 143 Å². The second kappa shape index (κ2) is 6.13. The summed E-state index contributed by atoms with van der Waals surface area (Å²) >= 11 is 6.08. The number of hydrogen-bond donors (Lipinski definition) is 1. The van der Waals surface area contributed by atoms with Gasteiger partial charge in [0, 0.05) is 29.7 Å². The van der Waals surface area contributed by atoms with Crippen LogP contribution in [0.5, 0.6) is 0 Å². The number of urea groups is 1. The molecule has 0 aliphatic carbocycles. The number of halogens is 2.